The van der Waals surface area contributed by atoms with E-state index in [1.54, 1.807) is 0 Å². The van der Waals surface area contributed by atoms with Gasteiger partial charge in [-0.1, -0.05) is 0 Å². The number of hydrogen-bond acceptors (Lipinski definition) is 2. The lowest BCUT2D eigenvalue weighted by atomic mass is 10.2. The van der Waals surface area contributed by atoms with Crippen LogP contribution in [-0.4, -0.2) is 18.0 Å². The van der Waals surface area contributed by atoms with Crippen LogP contribution in [0.5, 0.6) is 0 Å². The molecule has 0 unspecified atom stereocenters. The number of alkyl halides is 3. The maximum absolute atomic E-state index is 11.9. The summed E-state index contributed by atoms with van der Waals surface area (Å²) in [6.07, 6.45) is -6.10. The van der Waals surface area contributed by atoms with Crippen molar-refractivity contribution in [2.45, 2.75) is 12.6 Å². The molecule has 92 valence electrons. The number of nitrogens with one attached hydrogen (secondary N) is 1. The Morgan fingerprint density at radius 1 is 1.18 bits per heavy atom. The first-order valence-electron chi connectivity index (χ1n) is 4.54. The van der Waals surface area contributed by atoms with Gasteiger partial charge >= 0.3 is 6.18 Å². The van der Waals surface area contributed by atoms with Crippen molar-refractivity contribution in [2.75, 3.05) is 5.32 Å². The maximum atomic E-state index is 11.9. The van der Waals surface area contributed by atoms with Crippen LogP contribution >= 0.6 is 0 Å². The standard InChI is InChI=1S/C10H9F3N2O2/c11-10(12,13)5-8(16)15-7-3-1-6(2-4-7)9(14)17/h1-4H,5H2,(H2,14,17)(H,15,16). The number of nitrogens with two attached hydrogens (primary N) is 1. The first-order valence-corrected chi connectivity index (χ1v) is 4.54. The molecule has 0 saturated carbocycles. The Hall–Kier alpha value is -2.05. The van der Waals surface area contributed by atoms with Gasteiger partial charge in [-0.25, -0.2) is 0 Å². The van der Waals surface area contributed by atoms with Crippen LogP contribution in [0.3, 0.4) is 0 Å². The number of rotatable bonds is 3. The van der Waals surface area contributed by atoms with Crippen molar-refractivity contribution in [3.63, 3.8) is 0 Å². The summed E-state index contributed by atoms with van der Waals surface area (Å²) in [6, 6.07) is 5.22. The summed E-state index contributed by atoms with van der Waals surface area (Å²) in [4.78, 5) is 21.6. The van der Waals surface area contributed by atoms with E-state index in [1.165, 1.54) is 24.3 Å². The minimum atomic E-state index is -4.54. The number of halogens is 3. The lowest BCUT2D eigenvalue weighted by Crippen LogP contribution is -2.21. The Labute approximate surface area is 94.6 Å². The molecule has 0 saturated heterocycles. The largest absolute Gasteiger partial charge is 0.397 e. The summed E-state index contributed by atoms with van der Waals surface area (Å²) in [6.45, 7) is 0. The van der Waals surface area contributed by atoms with Crippen LogP contribution in [0.15, 0.2) is 24.3 Å². The van der Waals surface area contributed by atoms with Gasteiger partial charge in [-0.05, 0) is 24.3 Å². The van der Waals surface area contributed by atoms with Gasteiger partial charge in [0.2, 0.25) is 11.8 Å². The third kappa shape index (κ3) is 4.54. The number of amides is 2. The van der Waals surface area contributed by atoms with Crippen molar-refractivity contribution in [2.24, 2.45) is 5.73 Å². The molecule has 7 heteroatoms. The molecule has 0 spiro atoms. The van der Waals surface area contributed by atoms with E-state index in [0.29, 0.717) is 0 Å². The van der Waals surface area contributed by atoms with Crippen LogP contribution in [0.4, 0.5) is 18.9 Å². The van der Waals surface area contributed by atoms with Gasteiger partial charge in [0.05, 0.1) is 0 Å². The molecule has 1 aromatic rings. The van der Waals surface area contributed by atoms with Crippen LogP contribution in [0.1, 0.15) is 16.8 Å². The Kier molecular flexibility index (Phi) is 3.72. The second-order valence-corrected chi connectivity index (χ2v) is 3.28. The number of carbonyl (C=O) groups excluding carboxylic acids is 2. The zero-order valence-electron chi connectivity index (χ0n) is 8.54. The molecule has 0 aromatic heterocycles. The number of anilines is 1. The highest BCUT2D eigenvalue weighted by Gasteiger charge is 2.31. The quantitative estimate of drug-likeness (QED) is 0.851. The van der Waals surface area contributed by atoms with Crippen molar-refractivity contribution in [3.8, 4) is 0 Å². The predicted octanol–water partition coefficient (Wildman–Crippen LogP) is 1.68. The van der Waals surface area contributed by atoms with Crippen LogP contribution < -0.4 is 11.1 Å². The summed E-state index contributed by atoms with van der Waals surface area (Å²) < 4.78 is 35.6. The topological polar surface area (TPSA) is 72.2 Å². The van der Waals surface area contributed by atoms with Gasteiger partial charge in [0, 0.05) is 11.3 Å². The van der Waals surface area contributed by atoms with Gasteiger partial charge in [-0.2, -0.15) is 13.2 Å². The van der Waals surface area contributed by atoms with Crippen molar-refractivity contribution >= 4 is 17.5 Å². The summed E-state index contributed by atoms with van der Waals surface area (Å²) in [7, 11) is 0. The summed E-state index contributed by atoms with van der Waals surface area (Å²) in [5, 5.41) is 2.05. The Morgan fingerprint density at radius 3 is 2.12 bits per heavy atom. The van der Waals surface area contributed by atoms with Crippen molar-refractivity contribution in [3.05, 3.63) is 29.8 Å². The molecule has 0 heterocycles. The molecule has 17 heavy (non-hydrogen) atoms. The Bertz CT molecular complexity index is 426. The summed E-state index contributed by atoms with van der Waals surface area (Å²) in [5.41, 5.74) is 5.35. The highest BCUT2D eigenvalue weighted by atomic mass is 19.4. The maximum Gasteiger partial charge on any atom is 0.397 e. The molecule has 0 radical (unpaired) electrons. The van der Waals surface area contributed by atoms with Crippen LogP contribution in [0, 0.1) is 0 Å². The third-order valence-electron chi connectivity index (χ3n) is 1.81. The van der Waals surface area contributed by atoms with Crippen molar-refractivity contribution in [1.82, 2.24) is 0 Å². The van der Waals surface area contributed by atoms with E-state index < -0.39 is 24.4 Å². The molecule has 0 fully saturated rings. The SMILES string of the molecule is NC(=O)c1ccc(NC(=O)CC(F)(F)F)cc1. The fourth-order valence-corrected chi connectivity index (χ4v) is 1.11. The molecular weight excluding hydrogens is 237 g/mol. The van der Waals surface area contributed by atoms with Gasteiger partial charge in [0.25, 0.3) is 0 Å². The second-order valence-electron chi connectivity index (χ2n) is 3.28. The molecule has 0 aliphatic heterocycles. The average Bonchev–Trinajstić information content (AvgIpc) is 2.15. The third-order valence-corrected chi connectivity index (χ3v) is 1.81. The summed E-state index contributed by atoms with van der Waals surface area (Å²) in [5.74, 6) is -1.82. The number of hydrogen-bond donors (Lipinski definition) is 2. The highest BCUT2D eigenvalue weighted by Crippen LogP contribution is 2.20. The minimum absolute atomic E-state index is 0.171. The smallest absolute Gasteiger partial charge is 0.366 e. The molecule has 4 nitrogen and oxygen atoms in total. The lowest BCUT2D eigenvalue weighted by Gasteiger charge is -2.07. The van der Waals surface area contributed by atoms with E-state index in [1.807, 2.05) is 0 Å². The van der Waals surface area contributed by atoms with E-state index in [-0.39, 0.29) is 11.3 Å². The molecule has 0 bridgehead atoms. The molecular formula is C10H9F3N2O2. The molecule has 0 aliphatic carbocycles. The molecule has 1 aromatic carbocycles. The first-order chi connectivity index (χ1) is 7.78. The number of carbonyl (C=O) groups is 2. The van der Waals surface area contributed by atoms with E-state index in [2.05, 4.69) is 5.32 Å². The van der Waals surface area contributed by atoms with E-state index in [4.69, 9.17) is 5.73 Å². The van der Waals surface area contributed by atoms with Crippen LogP contribution in [0.2, 0.25) is 0 Å². The van der Waals surface area contributed by atoms with Crippen LogP contribution in [0.25, 0.3) is 0 Å². The Morgan fingerprint density at radius 2 is 1.71 bits per heavy atom. The van der Waals surface area contributed by atoms with E-state index in [0.717, 1.165) is 0 Å². The average molecular weight is 246 g/mol. The Balaban J connectivity index is 2.64. The first kappa shape index (κ1) is 13.0. The van der Waals surface area contributed by atoms with Gasteiger partial charge in [-0.15, -0.1) is 0 Å². The number of benzene rings is 1. The zero-order valence-corrected chi connectivity index (χ0v) is 8.54. The van der Waals surface area contributed by atoms with Gasteiger partial charge < -0.3 is 11.1 Å². The fourth-order valence-electron chi connectivity index (χ4n) is 1.11. The van der Waals surface area contributed by atoms with Crippen molar-refractivity contribution < 1.29 is 22.8 Å². The van der Waals surface area contributed by atoms with Gasteiger partial charge in [0.1, 0.15) is 6.42 Å². The van der Waals surface area contributed by atoms with Gasteiger partial charge in [-0.3, -0.25) is 9.59 Å². The predicted molar refractivity (Wildman–Crippen MR) is 54.3 cm³/mol. The molecule has 2 amide bonds. The minimum Gasteiger partial charge on any atom is -0.366 e. The van der Waals surface area contributed by atoms with Crippen molar-refractivity contribution in [1.29, 1.82) is 0 Å². The second kappa shape index (κ2) is 4.86. The zero-order chi connectivity index (χ0) is 13.1. The van der Waals surface area contributed by atoms with Gasteiger partial charge in [0.15, 0.2) is 0 Å². The molecule has 3 N–H and O–H groups in total. The molecule has 0 atom stereocenters. The summed E-state index contributed by atoms with van der Waals surface area (Å²) >= 11 is 0. The van der Waals surface area contributed by atoms with E-state index in [9.17, 15) is 22.8 Å². The highest BCUT2D eigenvalue weighted by molar-refractivity contribution is 5.94. The number of primary amides is 1. The molecule has 0 aliphatic rings. The monoisotopic (exact) mass is 246 g/mol. The normalized spacial score (nSPS) is 11.0. The van der Waals surface area contributed by atoms with E-state index >= 15 is 0 Å². The fraction of sp³-hybridized carbons (Fsp3) is 0.200. The lowest BCUT2D eigenvalue weighted by molar-refractivity contribution is -0.150. The van der Waals surface area contributed by atoms with Crippen LogP contribution in [-0.2, 0) is 4.79 Å². The molecule has 1 rings (SSSR count).